The van der Waals surface area contributed by atoms with Crippen molar-refractivity contribution in [1.82, 2.24) is 9.97 Å². The molecular formula is C11H12N2O5S. The van der Waals surface area contributed by atoms with Gasteiger partial charge in [-0.1, -0.05) is 0 Å². The summed E-state index contributed by atoms with van der Waals surface area (Å²) < 4.78 is 27.7. The van der Waals surface area contributed by atoms with Crippen molar-refractivity contribution in [3.05, 3.63) is 24.0 Å². The SMILES string of the molecule is CS(=O)(=O)c1ccc2nc(COCC(=O)O)[nH]c2c1. The minimum absolute atomic E-state index is 0.0230. The first-order chi connectivity index (χ1) is 8.86. The molecule has 0 aliphatic heterocycles. The first kappa shape index (κ1) is 13.5. The quantitative estimate of drug-likeness (QED) is 0.830. The van der Waals surface area contributed by atoms with Crippen LogP contribution in [0.3, 0.4) is 0 Å². The molecule has 2 N–H and O–H groups in total. The van der Waals surface area contributed by atoms with E-state index < -0.39 is 22.4 Å². The normalized spacial score (nSPS) is 11.8. The number of carbonyl (C=O) groups is 1. The van der Waals surface area contributed by atoms with E-state index in [2.05, 4.69) is 9.97 Å². The van der Waals surface area contributed by atoms with Crippen LogP contribution in [0.15, 0.2) is 23.1 Å². The number of fused-ring (bicyclic) bond motifs is 1. The van der Waals surface area contributed by atoms with Gasteiger partial charge in [-0.25, -0.2) is 18.2 Å². The zero-order chi connectivity index (χ0) is 14.0. The van der Waals surface area contributed by atoms with Crippen molar-refractivity contribution in [2.45, 2.75) is 11.5 Å². The summed E-state index contributed by atoms with van der Waals surface area (Å²) in [5.74, 6) is -0.614. The first-order valence-corrected chi connectivity index (χ1v) is 7.23. The number of aromatic amines is 1. The van der Waals surface area contributed by atoms with Crippen LogP contribution in [0.2, 0.25) is 0 Å². The highest BCUT2D eigenvalue weighted by Crippen LogP contribution is 2.17. The van der Waals surface area contributed by atoms with E-state index in [1.54, 1.807) is 6.07 Å². The minimum atomic E-state index is -3.27. The Bertz CT molecular complexity index is 720. The molecule has 0 saturated carbocycles. The smallest absolute Gasteiger partial charge is 0.329 e. The van der Waals surface area contributed by atoms with Crippen LogP contribution >= 0.6 is 0 Å². The van der Waals surface area contributed by atoms with Crippen LogP contribution in [0.1, 0.15) is 5.82 Å². The standard InChI is InChI=1S/C11H12N2O5S/c1-19(16,17)7-2-3-8-9(4-7)13-10(12-8)5-18-6-11(14)15/h2-4H,5-6H2,1H3,(H,12,13)(H,14,15). The Morgan fingerprint density at radius 1 is 1.47 bits per heavy atom. The van der Waals surface area contributed by atoms with E-state index in [4.69, 9.17) is 9.84 Å². The second-order valence-corrected chi connectivity index (χ2v) is 6.04. The molecule has 0 aliphatic carbocycles. The average molecular weight is 284 g/mol. The van der Waals surface area contributed by atoms with Gasteiger partial charge in [0.25, 0.3) is 0 Å². The highest BCUT2D eigenvalue weighted by Gasteiger charge is 2.10. The number of aromatic nitrogens is 2. The number of H-pyrrole nitrogens is 1. The third kappa shape index (κ3) is 3.30. The van der Waals surface area contributed by atoms with Crippen molar-refractivity contribution in [2.75, 3.05) is 12.9 Å². The predicted octanol–water partition coefficient (Wildman–Crippen LogP) is 0.568. The molecule has 1 aromatic carbocycles. The fourth-order valence-corrected chi connectivity index (χ4v) is 2.22. The van der Waals surface area contributed by atoms with Crippen molar-refractivity contribution < 1.29 is 23.1 Å². The van der Waals surface area contributed by atoms with Crippen LogP contribution in [0, 0.1) is 0 Å². The maximum absolute atomic E-state index is 11.4. The average Bonchev–Trinajstić information content (AvgIpc) is 2.68. The van der Waals surface area contributed by atoms with Gasteiger partial charge in [-0.15, -0.1) is 0 Å². The summed E-state index contributed by atoms with van der Waals surface area (Å²) in [6.07, 6.45) is 1.13. The number of sulfone groups is 1. The van der Waals surface area contributed by atoms with Crippen molar-refractivity contribution in [3.8, 4) is 0 Å². The highest BCUT2D eigenvalue weighted by molar-refractivity contribution is 7.90. The molecule has 0 unspecified atom stereocenters. The lowest BCUT2D eigenvalue weighted by atomic mass is 10.3. The molecule has 8 heteroatoms. The number of carboxylic acid groups (broad SMARTS) is 1. The largest absolute Gasteiger partial charge is 0.480 e. The topological polar surface area (TPSA) is 109 Å². The van der Waals surface area contributed by atoms with E-state index in [0.29, 0.717) is 16.9 Å². The van der Waals surface area contributed by atoms with E-state index in [0.717, 1.165) is 6.26 Å². The summed E-state index contributed by atoms with van der Waals surface area (Å²) in [7, 11) is -3.27. The number of nitrogens with zero attached hydrogens (tertiary/aromatic N) is 1. The Morgan fingerprint density at radius 3 is 2.84 bits per heavy atom. The Balaban J connectivity index is 2.23. The number of hydrogen-bond acceptors (Lipinski definition) is 5. The van der Waals surface area contributed by atoms with Gasteiger partial charge in [0.15, 0.2) is 9.84 Å². The van der Waals surface area contributed by atoms with E-state index in [9.17, 15) is 13.2 Å². The van der Waals surface area contributed by atoms with Crippen LogP contribution in [0.25, 0.3) is 11.0 Å². The summed E-state index contributed by atoms with van der Waals surface area (Å²) in [5.41, 5.74) is 1.16. The molecule has 0 radical (unpaired) electrons. The molecule has 0 aliphatic rings. The monoisotopic (exact) mass is 284 g/mol. The van der Waals surface area contributed by atoms with Crippen molar-refractivity contribution in [3.63, 3.8) is 0 Å². The summed E-state index contributed by atoms with van der Waals surface area (Å²) >= 11 is 0. The number of ether oxygens (including phenoxy) is 1. The van der Waals surface area contributed by atoms with Crippen LogP contribution in [0.5, 0.6) is 0 Å². The van der Waals surface area contributed by atoms with E-state index in [-0.39, 0.29) is 11.5 Å². The maximum Gasteiger partial charge on any atom is 0.329 e. The molecular weight excluding hydrogens is 272 g/mol. The molecule has 1 aromatic heterocycles. The fourth-order valence-electron chi connectivity index (χ4n) is 1.58. The third-order valence-corrected chi connectivity index (χ3v) is 3.51. The molecule has 19 heavy (non-hydrogen) atoms. The van der Waals surface area contributed by atoms with Crippen LogP contribution in [0.4, 0.5) is 0 Å². The first-order valence-electron chi connectivity index (χ1n) is 5.34. The van der Waals surface area contributed by atoms with Gasteiger partial charge in [0.2, 0.25) is 0 Å². The van der Waals surface area contributed by atoms with Gasteiger partial charge in [-0.3, -0.25) is 0 Å². The van der Waals surface area contributed by atoms with Gasteiger partial charge in [0, 0.05) is 6.26 Å². The number of nitrogens with one attached hydrogen (secondary N) is 1. The molecule has 7 nitrogen and oxygen atoms in total. The molecule has 0 amide bonds. The minimum Gasteiger partial charge on any atom is -0.480 e. The Morgan fingerprint density at radius 2 is 2.21 bits per heavy atom. The lowest BCUT2D eigenvalue weighted by molar-refractivity contribution is -0.142. The van der Waals surface area contributed by atoms with Gasteiger partial charge >= 0.3 is 5.97 Å². The zero-order valence-electron chi connectivity index (χ0n) is 10.1. The summed E-state index contributed by atoms with van der Waals surface area (Å²) in [6.45, 7) is -0.388. The molecule has 102 valence electrons. The second-order valence-electron chi connectivity index (χ2n) is 4.02. The Labute approximate surface area is 109 Å². The highest BCUT2D eigenvalue weighted by atomic mass is 32.2. The lowest BCUT2D eigenvalue weighted by Gasteiger charge is -1.96. The number of hydrogen-bond donors (Lipinski definition) is 2. The molecule has 0 bridgehead atoms. The Hall–Kier alpha value is -1.93. The van der Waals surface area contributed by atoms with Crippen molar-refractivity contribution in [1.29, 1.82) is 0 Å². The van der Waals surface area contributed by atoms with Crippen molar-refractivity contribution >= 4 is 26.8 Å². The molecule has 0 fully saturated rings. The van der Waals surface area contributed by atoms with Crippen LogP contribution in [-0.2, 0) is 26.0 Å². The molecule has 0 atom stereocenters. The number of aliphatic carboxylic acids is 1. The van der Waals surface area contributed by atoms with Gasteiger partial charge in [0.1, 0.15) is 19.0 Å². The third-order valence-electron chi connectivity index (χ3n) is 2.39. The van der Waals surface area contributed by atoms with E-state index in [1.165, 1.54) is 12.1 Å². The van der Waals surface area contributed by atoms with Crippen molar-refractivity contribution in [2.24, 2.45) is 0 Å². The second kappa shape index (κ2) is 4.98. The number of rotatable bonds is 5. The maximum atomic E-state index is 11.4. The summed E-state index contributed by atoms with van der Waals surface area (Å²) in [4.78, 5) is 17.5. The van der Waals surface area contributed by atoms with Crippen LogP contribution < -0.4 is 0 Å². The summed E-state index contributed by atoms with van der Waals surface area (Å²) in [6, 6.07) is 4.54. The molecule has 0 saturated heterocycles. The summed E-state index contributed by atoms with van der Waals surface area (Å²) in [5, 5.41) is 8.43. The number of carboxylic acids is 1. The molecule has 1 heterocycles. The fraction of sp³-hybridized carbons (Fsp3) is 0.273. The lowest BCUT2D eigenvalue weighted by Crippen LogP contribution is -2.07. The number of benzene rings is 1. The predicted molar refractivity (Wildman–Crippen MR) is 66.5 cm³/mol. The number of imidazole rings is 1. The van der Waals surface area contributed by atoms with E-state index >= 15 is 0 Å². The Kier molecular flexibility index (Phi) is 3.54. The molecule has 2 rings (SSSR count). The van der Waals surface area contributed by atoms with Crippen LogP contribution in [-0.4, -0.2) is 42.3 Å². The van der Waals surface area contributed by atoms with Gasteiger partial charge in [-0.05, 0) is 18.2 Å². The molecule has 2 aromatic rings. The van der Waals surface area contributed by atoms with Gasteiger partial charge < -0.3 is 14.8 Å². The van der Waals surface area contributed by atoms with E-state index in [1.807, 2.05) is 0 Å². The molecule has 0 spiro atoms. The van der Waals surface area contributed by atoms with Gasteiger partial charge in [0.05, 0.1) is 15.9 Å². The zero-order valence-corrected chi connectivity index (χ0v) is 10.9. The van der Waals surface area contributed by atoms with Gasteiger partial charge in [-0.2, -0.15) is 0 Å².